The first kappa shape index (κ1) is 16.6. The van der Waals surface area contributed by atoms with Crippen LogP contribution in [-0.4, -0.2) is 24.5 Å². The van der Waals surface area contributed by atoms with E-state index in [2.05, 4.69) is 10.6 Å². The van der Waals surface area contributed by atoms with Gasteiger partial charge in [0.1, 0.15) is 5.75 Å². The van der Waals surface area contributed by atoms with E-state index in [0.717, 1.165) is 0 Å². The number of nitro groups is 1. The molecule has 2 aromatic carbocycles. The Morgan fingerprint density at radius 3 is 2.78 bits per heavy atom. The lowest BCUT2D eigenvalue weighted by Gasteiger charge is -2.11. The van der Waals surface area contributed by atoms with Gasteiger partial charge in [0.15, 0.2) is 0 Å². The molecule has 0 radical (unpaired) electrons. The van der Waals surface area contributed by atoms with Gasteiger partial charge in [-0.2, -0.15) is 0 Å². The second-order valence-electron chi connectivity index (χ2n) is 4.55. The number of nitrogens with zero attached hydrogens (tertiary/aromatic N) is 1. The highest BCUT2D eigenvalue weighted by Crippen LogP contribution is 2.27. The Bertz CT molecular complexity index is 736. The summed E-state index contributed by atoms with van der Waals surface area (Å²) in [7, 11) is 1.49. The van der Waals surface area contributed by atoms with Crippen LogP contribution in [0.2, 0.25) is 5.02 Å². The van der Waals surface area contributed by atoms with Crippen molar-refractivity contribution in [2.45, 2.75) is 0 Å². The first-order valence-electron chi connectivity index (χ1n) is 6.61. The average Bonchev–Trinajstić information content (AvgIpc) is 2.53. The number of anilines is 2. The van der Waals surface area contributed by atoms with Crippen LogP contribution in [0.4, 0.5) is 17.1 Å². The molecule has 120 valence electrons. The molecule has 0 aliphatic heterocycles. The highest BCUT2D eigenvalue weighted by atomic mass is 35.5. The molecule has 1 amide bonds. The fourth-order valence-corrected chi connectivity index (χ4v) is 2.06. The van der Waals surface area contributed by atoms with Gasteiger partial charge in [-0.3, -0.25) is 14.9 Å². The van der Waals surface area contributed by atoms with E-state index in [-0.39, 0.29) is 18.1 Å². The maximum absolute atomic E-state index is 12.0. The van der Waals surface area contributed by atoms with Crippen molar-refractivity contribution >= 4 is 34.6 Å². The summed E-state index contributed by atoms with van der Waals surface area (Å²) in [4.78, 5) is 22.2. The minimum Gasteiger partial charge on any atom is -0.495 e. The Morgan fingerprint density at radius 2 is 2.09 bits per heavy atom. The molecule has 0 aliphatic carbocycles. The number of nitro benzene ring substituents is 1. The lowest BCUT2D eigenvalue weighted by Crippen LogP contribution is -2.22. The summed E-state index contributed by atoms with van der Waals surface area (Å²) < 4.78 is 5.14. The van der Waals surface area contributed by atoms with Crippen LogP contribution in [-0.2, 0) is 4.79 Å². The number of methoxy groups -OCH3 is 1. The SMILES string of the molecule is COc1ccc(Cl)cc1NC(=O)CNc1cccc([N+](=O)[O-])c1. The third-order valence-corrected chi connectivity index (χ3v) is 3.18. The van der Waals surface area contributed by atoms with Gasteiger partial charge in [0.2, 0.25) is 5.91 Å². The number of hydrogen-bond donors (Lipinski definition) is 2. The van der Waals surface area contributed by atoms with Crippen LogP contribution in [0, 0.1) is 10.1 Å². The molecule has 0 spiro atoms. The monoisotopic (exact) mass is 335 g/mol. The summed E-state index contributed by atoms with van der Waals surface area (Å²) in [5, 5.41) is 16.7. The zero-order valence-corrected chi connectivity index (χ0v) is 13.0. The minimum atomic E-state index is -0.498. The molecule has 0 aliphatic rings. The zero-order valence-electron chi connectivity index (χ0n) is 12.2. The summed E-state index contributed by atoms with van der Waals surface area (Å²) in [6, 6.07) is 10.8. The van der Waals surface area contributed by atoms with E-state index in [0.29, 0.717) is 22.1 Å². The average molecular weight is 336 g/mol. The van der Waals surface area contributed by atoms with Crippen molar-refractivity contribution in [1.82, 2.24) is 0 Å². The first-order valence-corrected chi connectivity index (χ1v) is 6.99. The molecule has 0 heterocycles. The number of carbonyl (C=O) groups excluding carboxylic acids is 1. The van der Waals surface area contributed by atoms with Crippen molar-refractivity contribution in [1.29, 1.82) is 0 Å². The van der Waals surface area contributed by atoms with E-state index < -0.39 is 4.92 Å². The molecular formula is C15H14ClN3O4. The van der Waals surface area contributed by atoms with Crippen LogP contribution in [0.1, 0.15) is 0 Å². The predicted molar refractivity (Wildman–Crippen MR) is 88.2 cm³/mol. The highest BCUT2D eigenvalue weighted by molar-refractivity contribution is 6.31. The van der Waals surface area contributed by atoms with Crippen LogP contribution < -0.4 is 15.4 Å². The molecule has 0 saturated heterocycles. The van der Waals surface area contributed by atoms with Gasteiger partial charge in [0, 0.05) is 22.8 Å². The van der Waals surface area contributed by atoms with Gasteiger partial charge in [-0.05, 0) is 24.3 Å². The number of halogens is 1. The number of rotatable bonds is 6. The summed E-state index contributed by atoms with van der Waals surface area (Å²) in [5.74, 6) is 0.148. The third kappa shape index (κ3) is 4.58. The van der Waals surface area contributed by atoms with E-state index in [1.165, 1.54) is 19.2 Å². The number of benzene rings is 2. The van der Waals surface area contributed by atoms with Gasteiger partial charge in [-0.1, -0.05) is 17.7 Å². The number of ether oxygens (including phenoxy) is 1. The maximum atomic E-state index is 12.0. The zero-order chi connectivity index (χ0) is 16.8. The summed E-state index contributed by atoms with van der Waals surface area (Å²) in [6.45, 7) is -0.0587. The summed E-state index contributed by atoms with van der Waals surface area (Å²) in [5.41, 5.74) is 0.880. The Kier molecular flexibility index (Phi) is 5.37. The fraction of sp³-hybridized carbons (Fsp3) is 0.133. The molecule has 23 heavy (non-hydrogen) atoms. The van der Waals surface area contributed by atoms with Crippen LogP contribution in [0.25, 0.3) is 0 Å². The molecule has 2 N–H and O–H groups in total. The largest absolute Gasteiger partial charge is 0.495 e. The molecule has 0 aromatic heterocycles. The minimum absolute atomic E-state index is 0.0491. The van der Waals surface area contributed by atoms with Crippen LogP contribution in [0.3, 0.4) is 0 Å². The maximum Gasteiger partial charge on any atom is 0.271 e. The second-order valence-corrected chi connectivity index (χ2v) is 4.99. The van der Waals surface area contributed by atoms with Gasteiger partial charge < -0.3 is 15.4 Å². The lowest BCUT2D eigenvalue weighted by atomic mass is 10.2. The molecule has 0 atom stereocenters. The number of hydrogen-bond acceptors (Lipinski definition) is 5. The normalized spacial score (nSPS) is 10.0. The van der Waals surface area contributed by atoms with Crippen molar-refractivity contribution < 1.29 is 14.5 Å². The van der Waals surface area contributed by atoms with Crippen molar-refractivity contribution in [2.24, 2.45) is 0 Å². The first-order chi connectivity index (χ1) is 11.0. The quantitative estimate of drug-likeness (QED) is 0.624. The predicted octanol–water partition coefficient (Wildman–Crippen LogP) is 3.31. The number of carbonyl (C=O) groups is 1. The molecular weight excluding hydrogens is 322 g/mol. The topological polar surface area (TPSA) is 93.5 Å². The van der Waals surface area contributed by atoms with Gasteiger partial charge in [-0.15, -0.1) is 0 Å². The molecule has 2 aromatic rings. The van der Waals surface area contributed by atoms with Gasteiger partial charge >= 0.3 is 0 Å². The lowest BCUT2D eigenvalue weighted by molar-refractivity contribution is -0.384. The standard InChI is InChI=1S/C15H14ClN3O4/c1-23-14-6-5-10(16)7-13(14)18-15(20)9-17-11-3-2-4-12(8-11)19(21)22/h2-8,17H,9H2,1H3,(H,18,20). The van der Waals surface area contributed by atoms with E-state index in [4.69, 9.17) is 16.3 Å². The van der Waals surface area contributed by atoms with E-state index in [1.807, 2.05) is 0 Å². The van der Waals surface area contributed by atoms with Crippen LogP contribution >= 0.6 is 11.6 Å². The van der Waals surface area contributed by atoms with E-state index in [9.17, 15) is 14.9 Å². The Labute approximate surface area is 137 Å². The van der Waals surface area contributed by atoms with Crippen LogP contribution in [0.5, 0.6) is 5.75 Å². The summed E-state index contributed by atoms with van der Waals surface area (Å²) >= 11 is 5.89. The second kappa shape index (κ2) is 7.46. The van der Waals surface area contributed by atoms with E-state index >= 15 is 0 Å². The van der Waals surface area contributed by atoms with Gasteiger partial charge in [-0.25, -0.2) is 0 Å². The van der Waals surface area contributed by atoms with E-state index in [1.54, 1.807) is 30.3 Å². The number of nitrogens with one attached hydrogen (secondary N) is 2. The third-order valence-electron chi connectivity index (χ3n) is 2.95. The number of amides is 1. The fourth-order valence-electron chi connectivity index (χ4n) is 1.88. The Morgan fingerprint density at radius 1 is 1.30 bits per heavy atom. The Hall–Kier alpha value is -2.80. The molecule has 8 heteroatoms. The van der Waals surface area contributed by atoms with Crippen molar-refractivity contribution in [3.8, 4) is 5.75 Å². The molecule has 0 bridgehead atoms. The smallest absolute Gasteiger partial charge is 0.271 e. The summed E-state index contributed by atoms with van der Waals surface area (Å²) in [6.07, 6.45) is 0. The molecule has 7 nitrogen and oxygen atoms in total. The van der Waals surface area contributed by atoms with Gasteiger partial charge in [0.25, 0.3) is 5.69 Å². The molecule has 0 unspecified atom stereocenters. The molecule has 0 saturated carbocycles. The highest BCUT2D eigenvalue weighted by Gasteiger charge is 2.10. The van der Waals surface area contributed by atoms with Crippen molar-refractivity contribution in [3.05, 3.63) is 57.6 Å². The number of non-ortho nitro benzene ring substituents is 1. The van der Waals surface area contributed by atoms with Crippen molar-refractivity contribution in [2.75, 3.05) is 24.3 Å². The molecule has 0 fully saturated rings. The Balaban J connectivity index is 1.99. The van der Waals surface area contributed by atoms with Crippen molar-refractivity contribution in [3.63, 3.8) is 0 Å². The molecule has 2 rings (SSSR count). The van der Waals surface area contributed by atoms with Gasteiger partial charge in [0.05, 0.1) is 24.3 Å². The van der Waals surface area contributed by atoms with Crippen LogP contribution in [0.15, 0.2) is 42.5 Å².